The third-order valence-corrected chi connectivity index (χ3v) is 4.57. The van der Waals surface area contributed by atoms with E-state index in [1.165, 1.54) is 0 Å². The van der Waals surface area contributed by atoms with Gasteiger partial charge in [-0.2, -0.15) is 0 Å². The minimum absolute atomic E-state index is 0.0190. The van der Waals surface area contributed by atoms with Crippen molar-refractivity contribution in [2.24, 2.45) is 5.92 Å². The van der Waals surface area contributed by atoms with Gasteiger partial charge in [-0.15, -0.1) is 0 Å². The first kappa shape index (κ1) is 15.4. The fourth-order valence-corrected chi connectivity index (χ4v) is 3.29. The Morgan fingerprint density at radius 2 is 1.96 bits per heavy atom. The Labute approximate surface area is 145 Å². The first-order chi connectivity index (χ1) is 12.2. The fraction of sp³-hybridized carbons (Fsp3) is 0.200. The number of fused-ring (bicyclic) bond motifs is 1. The summed E-state index contributed by atoms with van der Waals surface area (Å²) < 4.78 is 5.21. The van der Waals surface area contributed by atoms with Crippen molar-refractivity contribution in [1.82, 2.24) is 5.32 Å². The molecule has 4 rings (SSSR count). The molecule has 1 N–H and O–H groups in total. The molecule has 1 aliphatic rings. The normalized spacial score (nSPS) is 17.2. The van der Waals surface area contributed by atoms with Crippen molar-refractivity contribution in [3.05, 3.63) is 66.6 Å². The zero-order valence-corrected chi connectivity index (χ0v) is 13.6. The number of anilines is 1. The average Bonchev–Trinajstić information content (AvgIpc) is 3.29. The van der Waals surface area contributed by atoms with Gasteiger partial charge in [-0.3, -0.25) is 9.59 Å². The fourth-order valence-electron chi connectivity index (χ4n) is 3.29. The van der Waals surface area contributed by atoms with Crippen molar-refractivity contribution in [3.8, 4) is 0 Å². The topological polar surface area (TPSA) is 62.6 Å². The molecule has 126 valence electrons. The number of hydrogen-bond acceptors (Lipinski definition) is 3. The second kappa shape index (κ2) is 6.43. The quantitative estimate of drug-likeness (QED) is 0.797. The van der Waals surface area contributed by atoms with E-state index in [1.807, 2.05) is 48.5 Å². The van der Waals surface area contributed by atoms with Crippen LogP contribution in [-0.4, -0.2) is 18.4 Å². The molecule has 25 heavy (non-hydrogen) atoms. The number of amides is 2. The first-order valence-electron chi connectivity index (χ1n) is 8.30. The molecule has 1 fully saturated rings. The van der Waals surface area contributed by atoms with Crippen LogP contribution in [0, 0.1) is 5.92 Å². The maximum atomic E-state index is 12.5. The Hall–Kier alpha value is -3.08. The van der Waals surface area contributed by atoms with Gasteiger partial charge in [0, 0.05) is 18.4 Å². The van der Waals surface area contributed by atoms with Crippen LogP contribution < -0.4 is 10.2 Å². The van der Waals surface area contributed by atoms with Crippen molar-refractivity contribution in [2.45, 2.75) is 13.0 Å². The standard InChI is InChI=1S/C20H18N2O3/c23-19-11-15(20(24)21-12-16-7-4-10-25-16)13-22(19)18-9-3-6-14-5-1-2-8-17(14)18/h1-10,15H,11-13H2,(H,21,24)/t15-/m1/s1. The van der Waals surface area contributed by atoms with Gasteiger partial charge in [0.1, 0.15) is 5.76 Å². The molecule has 5 heteroatoms. The van der Waals surface area contributed by atoms with Crippen LogP contribution in [0.25, 0.3) is 10.8 Å². The van der Waals surface area contributed by atoms with Gasteiger partial charge in [-0.05, 0) is 23.6 Å². The van der Waals surface area contributed by atoms with Crippen molar-refractivity contribution in [2.75, 3.05) is 11.4 Å². The molecule has 1 aliphatic heterocycles. The number of nitrogens with zero attached hydrogens (tertiary/aromatic N) is 1. The summed E-state index contributed by atoms with van der Waals surface area (Å²) in [7, 11) is 0. The molecule has 1 aromatic heterocycles. The predicted octanol–water partition coefficient (Wildman–Crippen LogP) is 3.10. The van der Waals surface area contributed by atoms with E-state index >= 15 is 0 Å². The lowest BCUT2D eigenvalue weighted by molar-refractivity contribution is -0.126. The number of nitrogens with one attached hydrogen (secondary N) is 1. The molecule has 3 aromatic rings. The van der Waals surface area contributed by atoms with Crippen molar-refractivity contribution in [1.29, 1.82) is 0 Å². The molecule has 1 saturated heterocycles. The lowest BCUT2D eigenvalue weighted by Crippen LogP contribution is -2.32. The Morgan fingerprint density at radius 1 is 1.12 bits per heavy atom. The van der Waals surface area contributed by atoms with Crippen molar-refractivity contribution >= 4 is 28.3 Å². The highest BCUT2D eigenvalue weighted by atomic mass is 16.3. The van der Waals surface area contributed by atoms with Gasteiger partial charge in [-0.1, -0.05) is 36.4 Å². The second-order valence-corrected chi connectivity index (χ2v) is 6.20. The average molecular weight is 334 g/mol. The Bertz CT molecular complexity index is 912. The second-order valence-electron chi connectivity index (χ2n) is 6.20. The van der Waals surface area contributed by atoms with Gasteiger partial charge in [0.05, 0.1) is 24.4 Å². The van der Waals surface area contributed by atoms with E-state index in [2.05, 4.69) is 5.32 Å². The van der Waals surface area contributed by atoms with Crippen molar-refractivity contribution in [3.63, 3.8) is 0 Å². The summed E-state index contributed by atoms with van der Waals surface area (Å²) in [5.41, 5.74) is 0.865. The summed E-state index contributed by atoms with van der Waals surface area (Å²) in [5, 5.41) is 4.95. The van der Waals surface area contributed by atoms with E-state index in [4.69, 9.17) is 4.42 Å². The third-order valence-electron chi connectivity index (χ3n) is 4.57. The molecule has 0 spiro atoms. The Morgan fingerprint density at radius 3 is 2.80 bits per heavy atom. The maximum absolute atomic E-state index is 12.5. The monoisotopic (exact) mass is 334 g/mol. The lowest BCUT2D eigenvalue weighted by atomic mass is 10.1. The largest absolute Gasteiger partial charge is 0.467 e. The molecule has 2 aromatic carbocycles. The molecule has 5 nitrogen and oxygen atoms in total. The van der Waals surface area contributed by atoms with E-state index in [-0.39, 0.29) is 24.2 Å². The minimum atomic E-state index is -0.346. The highest BCUT2D eigenvalue weighted by Gasteiger charge is 2.35. The number of carbonyl (C=O) groups excluding carboxylic acids is 2. The van der Waals surface area contributed by atoms with Gasteiger partial charge in [0.2, 0.25) is 11.8 Å². The lowest BCUT2D eigenvalue weighted by Gasteiger charge is -2.19. The van der Waals surface area contributed by atoms with Gasteiger partial charge in [-0.25, -0.2) is 0 Å². The molecule has 1 atom stereocenters. The number of carbonyl (C=O) groups is 2. The molecule has 0 aliphatic carbocycles. The zero-order valence-electron chi connectivity index (χ0n) is 13.6. The Kier molecular flexibility index (Phi) is 3.98. The predicted molar refractivity (Wildman–Crippen MR) is 95.0 cm³/mol. The SMILES string of the molecule is O=C(NCc1ccco1)[C@@H]1CC(=O)N(c2cccc3ccccc23)C1. The van der Waals surface area contributed by atoms with Gasteiger partial charge >= 0.3 is 0 Å². The first-order valence-corrected chi connectivity index (χ1v) is 8.30. The van der Waals surface area contributed by atoms with Crippen LogP contribution in [0.1, 0.15) is 12.2 Å². The summed E-state index contributed by atoms with van der Waals surface area (Å²) in [6, 6.07) is 17.4. The van der Waals surface area contributed by atoms with E-state index in [9.17, 15) is 9.59 Å². The molecule has 2 heterocycles. The van der Waals surface area contributed by atoms with Crippen LogP contribution in [0.15, 0.2) is 65.3 Å². The summed E-state index contributed by atoms with van der Waals surface area (Å²) in [5.74, 6) is 0.215. The number of furan rings is 1. The van der Waals surface area contributed by atoms with Crippen LogP contribution in [0.2, 0.25) is 0 Å². The number of hydrogen-bond donors (Lipinski definition) is 1. The van der Waals surface area contributed by atoms with Gasteiger partial charge in [0.15, 0.2) is 0 Å². The van der Waals surface area contributed by atoms with Crippen LogP contribution in [0.4, 0.5) is 5.69 Å². The van der Waals surface area contributed by atoms with E-state index in [1.54, 1.807) is 17.2 Å². The van der Waals surface area contributed by atoms with Crippen LogP contribution in [0.3, 0.4) is 0 Å². The minimum Gasteiger partial charge on any atom is -0.467 e. The highest BCUT2D eigenvalue weighted by Crippen LogP contribution is 2.31. The van der Waals surface area contributed by atoms with Crippen LogP contribution >= 0.6 is 0 Å². The summed E-state index contributed by atoms with van der Waals surface area (Å²) in [4.78, 5) is 26.6. The smallest absolute Gasteiger partial charge is 0.227 e. The maximum Gasteiger partial charge on any atom is 0.227 e. The number of rotatable bonds is 4. The Balaban J connectivity index is 1.51. The van der Waals surface area contributed by atoms with E-state index in [0.717, 1.165) is 16.5 Å². The zero-order chi connectivity index (χ0) is 17.2. The molecular weight excluding hydrogens is 316 g/mol. The molecule has 0 radical (unpaired) electrons. The summed E-state index contributed by atoms with van der Waals surface area (Å²) in [6.45, 7) is 0.738. The van der Waals surface area contributed by atoms with Gasteiger partial charge in [0.25, 0.3) is 0 Å². The van der Waals surface area contributed by atoms with Crippen LogP contribution in [0.5, 0.6) is 0 Å². The molecule has 0 unspecified atom stereocenters. The van der Waals surface area contributed by atoms with Crippen LogP contribution in [-0.2, 0) is 16.1 Å². The molecule has 2 amide bonds. The third kappa shape index (κ3) is 3.01. The van der Waals surface area contributed by atoms with E-state index in [0.29, 0.717) is 18.8 Å². The number of benzene rings is 2. The van der Waals surface area contributed by atoms with Crippen molar-refractivity contribution < 1.29 is 14.0 Å². The van der Waals surface area contributed by atoms with Gasteiger partial charge < -0.3 is 14.6 Å². The molecule has 0 bridgehead atoms. The summed E-state index contributed by atoms with van der Waals surface area (Å²) >= 11 is 0. The summed E-state index contributed by atoms with van der Waals surface area (Å²) in [6.07, 6.45) is 1.80. The molecule has 0 saturated carbocycles. The highest BCUT2D eigenvalue weighted by molar-refractivity contribution is 6.06. The molecular formula is C20H18N2O3. The van der Waals surface area contributed by atoms with E-state index < -0.39 is 0 Å².